The standard InChI is InChI=1S/C13H24N4O/c1-4-8-15-13(14-6-3)16-11-7-9-17(10-11)12(18)5-2/h4,11H,1,5-10H2,2-3H3,(H2,14,15,16). The molecule has 5 nitrogen and oxygen atoms in total. The highest BCUT2D eigenvalue weighted by Crippen LogP contribution is 2.10. The Bertz CT molecular complexity index is 314. The summed E-state index contributed by atoms with van der Waals surface area (Å²) < 4.78 is 0. The maximum Gasteiger partial charge on any atom is 0.222 e. The van der Waals surface area contributed by atoms with Gasteiger partial charge in [-0.3, -0.25) is 4.79 Å². The van der Waals surface area contributed by atoms with Gasteiger partial charge in [0.25, 0.3) is 0 Å². The van der Waals surface area contributed by atoms with Gasteiger partial charge in [-0.05, 0) is 13.3 Å². The van der Waals surface area contributed by atoms with E-state index in [1.54, 1.807) is 6.08 Å². The van der Waals surface area contributed by atoms with E-state index in [1.807, 2.05) is 18.7 Å². The molecule has 0 aromatic carbocycles. The average molecular weight is 252 g/mol. The number of carbonyl (C=O) groups excluding carboxylic acids is 1. The number of guanidine groups is 1. The number of carbonyl (C=O) groups is 1. The molecule has 1 atom stereocenters. The summed E-state index contributed by atoms with van der Waals surface area (Å²) in [4.78, 5) is 17.9. The zero-order chi connectivity index (χ0) is 13.4. The van der Waals surface area contributed by atoms with Crippen LogP contribution in [0.5, 0.6) is 0 Å². The van der Waals surface area contributed by atoms with Gasteiger partial charge in [0.2, 0.25) is 5.91 Å². The molecule has 0 spiro atoms. The van der Waals surface area contributed by atoms with Crippen LogP contribution >= 0.6 is 0 Å². The van der Waals surface area contributed by atoms with E-state index in [0.717, 1.165) is 32.0 Å². The van der Waals surface area contributed by atoms with Crippen molar-refractivity contribution in [1.82, 2.24) is 15.5 Å². The van der Waals surface area contributed by atoms with Crippen LogP contribution < -0.4 is 10.6 Å². The molecule has 1 amide bonds. The smallest absolute Gasteiger partial charge is 0.222 e. The van der Waals surface area contributed by atoms with Crippen LogP contribution in [0.15, 0.2) is 17.6 Å². The van der Waals surface area contributed by atoms with Crippen molar-refractivity contribution in [1.29, 1.82) is 0 Å². The number of nitrogens with zero attached hydrogens (tertiary/aromatic N) is 2. The van der Waals surface area contributed by atoms with Gasteiger partial charge in [-0.1, -0.05) is 13.0 Å². The third-order valence-electron chi connectivity index (χ3n) is 2.91. The van der Waals surface area contributed by atoms with E-state index in [4.69, 9.17) is 0 Å². The number of hydrogen-bond acceptors (Lipinski definition) is 2. The summed E-state index contributed by atoms with van der Waals surface area (Å²) in [5.41, 5.74) is 0. The Kier molecular flexibility index (Phi) is 6.25. The topological polar surface area (TPSA) is 56.7 Å². The fourth-order valence-corrected chi connectivity index (χ4v) is 2.00. The second-order valence-corrected chi connectivity index (χ2v) is 4.33. The Morgan fingerprint density at radius 3 is 2.94 bits per heavy atom. The number of rotatable bonds is 5. The minimum absolute atomic E-state index is 0.229. The molecule has 1 heterocycles. The molecule has 0 bridgehead atoms. The van der Waals surface area contributed by atoms with E-state index in [9.17, 15) is 4.79 Å². The summed E-state index contributed by atoms with van der Waals surface area (Å²) in [5.74, 6) is 1.03. The molecule has 1 fully saturated rings. The molecular weight excluding hydrogens is 228 g/mol. The predicted molar refractivity (Wildman–Crippen MR) is 74.6 cm³/mol. The molecule has 18 heavy (non-hydrogen) atoms. The Morgan fingerprint density at radius 1 is 1.56 bits per heavy atom. The largest absolute Gasteiger partial charge is 0.357 e. The van der Waals surface area contributed by atoms with Crippen LogP contribution in [0.3, 0.4) is 0 Å². The van der Waals surface area contributed by atoms with Gasteiger partial charge in [0.05, 0.1) is 6.54 Å². The van der Waals surface area contributed by atoms with Crippen LogP contribution in [0.4, 0.5) is 0 Å². The molecule has 0 aromatic rings. The van der Waals surface area contributed by atoms with Crippen molar-refractivity contribution in [2.45, 2.75) is 32.7 Å². The molecule has 1 saturated heterocycles. The van der Waals surface area contributed by atoms with E-state index in [2.05, 4.69) is 22.2 Å². The number of likely N-dealkylation sites (tertiary alicyclic amines) is 1. The summed E-state index contributed by atoms with van der Waals surface area (Å²) in [6, 6.07) is 0.295. The van der Waals surface area contributed by atoms with Gasteiger partial charge >= 0.3 is 0 Å². The normalized spacial score (nSPS) is 19.8. The first-order chi connectivity index (χ1) is 8.71. The Hall–Kier alpha value is -1.52. The van der Waals surface area contributed by atoms with Crippen molar-refractivity contribution in [3.05, 3.63) is 12.7 Å². The van der Waals surface area contributed by atoms with E-state index < -0.39 is 0 Å². The minimum atomic E-state index is 0.229. The third-order valence-corrected chi connectivity index (χ3v) is 2.91. The van der Waals surface area contributed by atoms with E-state index in [1.165, 1.54) is 0 Å². The fraction of sp³-hybridized carbons (Fsp3) is 0.692. The minimum Gasteiger partial charge on any atom is -0.357 e. The Morgan fingerprint density at radius 2 is 2.33 bits per heavy atom. The van der Waals surface area contributed by atoms with Crippen LogP contribution in [0.25, 0.3) is 0 Å². The lowest BCUT2D eigenvalue weighted by Crippen LogP contribution is -2.45. The molecular formula is C13H24N4O. The molecule has 1 aliphatic rings. The van der Waals surface area contributed by atoms with Gasteiger partial charge in [0, 0.05) is 32.1 Å². The number of aliphatic imine (C=N–C) groups is 1. The lowest BCUT2D eigenvalue weighted by Gasteiger charge is -2.18. The molecule has 0 saturated carbocycles. The van der Waals surface area contributed by atoms with E-state index in [0.29, 0.717) is 19.0 Å². The zero-order valence-electron chi connectivity index (χ0n) is 11.4. The van der Waals surface area contributed by atoms with Gasteiger partial charge in [0.15, 0.2) is 5.96 Å². The van der Waals surface area contributed by atoms with Gasteiger partial charge in [-0.2, -0.15) is 0 Å². The lowest BCUT2D eigenvalue weighted by atomic mass is 10.3. The highest BCUT2D eigenvalue weighted by atomic mass is 16.2. The zero-order valence-corrected chi connectivity index (χ0v) is 11.4. The molecule has 0 radical (unpaired) electrons. The highest BCUT2D eigenvalue weighted by molar-refractivity contribution is 5.80. The molecule has 2 N–H and O–H groups in total. The number of nitrogens with one attached hydrogen (secondary N) is 2. The van der Waals surface area contributed by atoms with Crippen molar-refractivity contribution in [3.63, 3.8) is 0 Å². The maximum atomic E-state index is 11.6. The summed E-state index contributed by atoms with van der Waals surface area (Å²) in [6.45, 7) is 10.6. The van der Waals surface area contributed by atoms with Crippen LogP contribution in [-0.2, 0) is 4.79 Å². The van der Waals surface area contributed by atoms with Gasteiger partial charge in [0.1, 0.15) is 0 Å². The molecule has 0 aliphatic carbocycles. The second-order valence-electron chi connectivity index (χ2n) is 4.33. The predicted octanol–water partition coefficient (Wildman–Crippen LogP) is 0.738. The van der Waals surface area contributed by atoms with Crippen molar-refractivity contribution < 1.29 is 4.79 Å². The molecule has 0 aromatic heterocycles. The second kappa shape index (κ2) is 7.74. The van der Waals surface area contributed by atoms with E-state index >= 15 is 0 Å². The lowest BCUT2D eigenvalue weighted by molar-refractivity contribution is -0.129. The summed E-state index contributed by atoms with van der Waals surface area (Å²) in [5, 5.41) is 6.55. The molecule has 102 valence electrons. The average Bonchev–Trinajstić information content (AvgIpc) is 2.83. The van der Waals surface area contributed by atoms with Crippen molar-refractivity contribution in [2.24, 2.45) is 4.99 Å². The van der Waals surface area contributed by atoms with Crippen molar-refractivity contribution in [2.75, 3.05) is 26.2 Å². The first-order valence-corrected chi connectivity index (χ1v) is 6.64. The maximum absolute atomic E-state index is 11.6. The van der Waals surface area contributed by atoms with Gasteiger partial charge in [-0.15, -0.1) is 6.58 Å². The summed E-state index contributed by atoms with van der Waals surface area (Å²) >= 11 is 0. The van der Waals surface area contributed by atoms with Crippen LogP contribution in [0.2, 0.25) is 0 Å². The Balaban J connectivity index is 2.46. The third kappa shape index (κ3) is 4.39. The SMILES string of the molecule is C=CCN=C(NCC)NC1CCN(C(=O)CC)C1. The van der Waals surface area contributed by atoms with Crippen LogP contribution in [0.1, 0.15) is 26.7 Å². The monoisotopic (exact) mass is 252 g/mol. The quantitative estimate of drug-likeness (QED) is 0.431. The molecule has 1 aliphatic heterocycles. The van der Waals surface area contributed by atoms with Crippen LogP contribution in [-0.4, -0.2) is 49.0 Å². The molecule has 1 rings (SSSR count). The van der Waals surface area contributed by atoms with E-state index in [-0.39, 0.29) is 5.91 Å². The Labute approximate surface area is 109 Å². The number of amides is 1. The van der Waals surface area contributed by atoms with Gasteiger partial charge < -0.3 is 15.5 Å². The van der Waals surface area contributed by atoms with Crippen LogP contribution in [0, 0.1) is 0 Å². The number of hydrogen-bond donors (Lipinski definition) is 2. The fourth-order valence-electron chi connectivity index (χ4n) is 2.00. The summed E-state index contributed by atoms with van der Waals surface area (Å²) in [7, 11) is 0. The van der Waals surface area contributed by atoms with Crippen molar-refractivity contribution >= 4 is 11.9 Å². The molecule has 5 heteroatoms. The summed E-state index contributed by atoms with van der Waals surface area (Å²) in [6.07, 6.45) is 3.32. The first kappa shape index (κ1) is 14.5. The molecule has 1 unspecified atom stereocenters. The van der Waals surface area contributed by atoms with Crippen molar-refractivity contribution in [3.8, 4) is 0 Å². The first-order valence-electron chi connectivity index (χ1n) is 6.64. The highest BCUT2D eigenvalue weighted by Gasteiger charge is 2.25. The van der Waals surface area contributed by atoms with Gasteiger partial charge in [-0.25, -0.2) is 4.99 Å².